The fraction of sp³-hybridized carbons (Fsp3) is 0.526. The number of amides is 2. The Bertz CT molecular complexity index is 745. The zero-order chi connectivity index (χ0) is 18.3. The molecule has 2 fully saturated rings. The van der Waals surface area contributed by atoms with Gasteiger partial charge in [0.15, 0.2) is 6.17 Å². The molecular formula is C19H25N5O2. The summed E-state index contributed by atoms with van der Waals surface area (Å²) in [6, 6.07) is 7.98. The average Bonchev–Trinajstić information content (AvgIpc) is 3.03. The van der Waals surface area contributed by atoms with Crippen LogP contribution in [0.3, 0.4) is 0 Å². The number of rotatable bonds is 3. The van der Waals surface area contributed by atoms with Gasteiger partial charge in [0.2, 0.25) is 5.91 Å². The Morgan fingerprint density at radius 3 is 2.62 bits per heavy atom. The lowest BCUT2D eigenvalue weighted by molar-refractivity contribution is -0.151. The Morgan fingerprint density at radius 1 is 1.19 bits per heavy atom. The Morgan fingerprint density at radius 2 is 1.88 bits per heavy atom. The Labute approximate surface area is 153 Å². The molecule has 1 saturated carbocycles. The number of anilines is 1. The van der Waals surface area contributed by atoms with Crippen molar-refractivity contribution in [3.8, 4) is 0 Å². The van der Waals surface area contributed by atoms with Crippen LogP contribution in [0.2, 0.25) is 0 Å². The molecule has 138 valence electrons. The highest BCUT2D eigenvalue weighted by Gasteiger charge is 2.50. The molecule has 3 atom stereocenters. The number of amidine groups is 1. The molecule has 1 aliphatic carbocycles. The third-order valence-electron chi connectivity index (χ3n) is 5.62. The molecule has 1 aromatic rings. The molecule has 0 aromatic heterocycles. The summed E-state index contributed by atoms with van der Waals surface area (Å²) in [5.74, 6) is 0.646. The van der Waals surface area contributed by atoms with E-state index < -0.39 is 6.17 Å². The zero-order valence-corrected chi connectivity index (χ0v) is 15.2. The van der Waals surface area contributed by atoms with E-state index in [1.54, 1.807) is 4.90 Å². The van der Waals surface area contributed by atoms with Gasteiger partial charge in [-0.15, -0.1) is 0 Å². The first-order valence-corrected chi connectivity index (χ1v) is 9.30. The molecule has 3 unspecified atom stereocenters. The fourth-order valence-electron chi connectivity index (χ4n) is 4.35. The number of hydrogen-bond donors (Lipinski definition) is 2. The first-order valence-electron chi connectivity index (χ1n) is 9.30. The summed E-state index contributed by atoms with van der Waals surface area (Å²) < 4.78 is 0. The monoisotopic (exact) mass is 355 g/mol. The summed E-state index contributed by atoms with van der Waals surface area (Å²) in [7, 11) is 0. The van der Waals surface area contributed by atoms with Gasteiger partial charge in [0.1, 0.15) is 12.4 Å². The molecule has 4 rings (SSSR count). The molecule has 7 nitrogen and oxygen atoms in total. The number of carbonyl (C=O) groups is 2. The van der Waals surface area contributed by atoms with Gasteiger partial charge >= 0.3 is 0 Å². The Kier molecular flexibility index (Phi) is 4.30. The topological polar surface area (TPSA) is 77.0 Å². The van der Waals surface area contributed by atoms with Crippen LogP contribution in [0.5, 0.6) is 0 Å². The largest absolute Gasteiger partial charge is 0.325 e. The Balaban J connectivity index is 1.50. The van der Waals surface area contributed by atoms with Crippen molar-refractivity contribution in [1.82, 2.24) is 15.2 Å². The van der Waals surface area contributed by atoms with Crippen molar-refractivity contribution in [2.75, 3.05) is 11.9 Å². The van der Waals surface area contributed by atoms with Crippen LogP contribution >= 0.6 is 0 Å². The van der Waals surface area contributed by atoms with Crippen LogP contribution in [0.25, 0.3) is 0 Å². The predicted molar refractivity (Wildman–Crippen MR) is 99.4 cm³/mol. The van der Waals surface area contributed by atoms with Gasteiger partial charge in [-0.25, -0.2) is 0 Å². The number of nitrogens with one attached hydrogen (secondary N) is 2. The number of aryl methyl sites for hydroxylation is 1. The van der Waals surface area contributed by atoms with Gasteiger partial charge in [0, 0.05) is 5.69 Å². The maximum atomic E-state index is 13.0. The van der Waals surface area contributed by atoms with Crippen LogP contribution < -0.4 is 10.7 Å². The minimum Gasteiger partial charge on any atom is -0.325 e. The molecule has 0 spiro atoms. The van der Waals surface area contributed by atoms with Crippen LogP contribution in [-0.4, -0.2) is 52.2 Å². The number of benzene rings is 1. The van der Waals surface area contributed by atoms with Crippen molar-refractivity contribution in [2.24, 2.45) is 5.10 Å². The van der Waals surface area contributed by atoms with Crippen LogP contribution in [-0.2, 0) is 9.59 Å². The van der Waals surface area contributed by atoms with Crippen molar-refractivity contribution in [2.45, 2.75) is 57.8 Å². The molecule has 1 saturated heterocycles. The first kappa shape index (κ1) is 16.9. The zero-order valence-electron chi connectivity index (χ0n) is 15.2. The van der Waals surface area contributed by atoms with E-state index in [9.17, 15) is 9.59 Å². The van der Waals surface area contributed by atoms with E-state index in [1.807, 2.05) is 38.1 Å². The lowest BCUT2D eigenvalue weighted by Gasteiger charge is -2.50. The van der Waals surface area contributed by atoms with Crippen LogP contribution in [0.15, 0.2) is 29.4 Å². The molecular weight excluding hydrogens is 330 g/mol. The summed E-state index contributed by atoms with van der Waals surface area (Å²) in [4.78, 5) is 29.5. The molecule has 26 heavy (non-hydrogen) atoms. The van der Waals surface area contributed by atoms with Gasteiger partial charge in [0.05, 0.1) is 12.1 Å². The summed E-state index contributed by atoms with van der Waals surface area (Å²) in [6.07, 6.45) is 3.73. The highest BCUT2D eigenvalue weighted by molar-refractivity contribution is 5.97. The lowest BCUT2D eigenvalue weighted by Crippen LogP contribution is -2.69. The maximum absolute atomic E-state index is 13.0. The molecule has 2 amide bonds. The second kappa shape index (κ2) is 6.63. The molecule has 2 aliphatic heterocycles. The molecule has 0 bridgehead atoms. The number of carbonyl (C=O) groups excluding carboxylic acids is 2. The minimum atomic E-state index is -0.471. The van der Waals surface area contributed by atoms with E-state index in [1.165, 1.54) is 0 Å². The van der Waals surface area contributed by atoms with Crippen molar-refractivity contribution >= 4 is 23.3 Å². The van der Waals surface area contributed by atoms with E-state index in [2.05, 4.69) is 20.7 Å². The molecule has 1 aromatic carbocycles. The van der Waals surface area contributed by atoms with Gasteiger partial charge in [-0.2, -0.15) is 5.10 Å². The number of nitrogens with zero attached hydrogens (tertiary/aromatic N) is 3. The van der Waals surface area contributed by atoms with Crippen LogP contribution in [0.1, 0.15) is 38.2 Å². The smallest absolute Gasteiger partial charge is 0.268 e. The number of fused-ring (bicyclic) bond motifs is 3. The van der Waals surface area contributed by atoms with Gasteiger partial charge in [-0.05, 0) is 38.8 Å². The molecule has 2 N–H and O–H groups in total. The van der Waals surface area contributed by atoms with E-state index in [-0.39, 0.29) is 30.4 Å². The first-order chi connectivity index (χ1) is 12.5. The average molecular weight is 355 g/mol. The third kappa shape index (κ3) is 2.91. The summed E-state index contributed by atoms with van der Waals surface area (Å²) in [5, 5.41) is 7.16. The van der Waals surface area contributed by atoms with Gasteiger partial charge in [0.25, 0.3) is 5.91 Å². The van der Waals surface area contributed by atoms with Crippen molar-refractivity contribution < 1.29 is 9.59 Å². The summed E-state index contributed by atoms with van der Waals surface area (Å²) in [6.45, 7) is 4.02. The van der Waals surface area contributed by atoms with Gasteiger partial charge < -0.3 is 15.1 Å². The summed E-state index contributed by atoms with van der Waals surface area (Å²) >= 11 is 0. The Hall–Kier alpha value is -2.57. The molecule has 3 aliphatic rings. The minimum absolute atomic E-state index is 0.0622. The third-order valence-corrected chi connectivity index (χ3v) is 5.62. The summed E-state index contributed by atoms with van der Waals surface area (Å²) in [5.41, 5.74) is 4.84. The molecule has 2 heterocycles. The van der Waals surface area contributed by atoms with Crippen molar-refractivity contribution in [1.29, 1.82) is 0 Å². The van der Waals surface area contributed by atoms with Crippen LogP contribution in [0, 0.1) is 6.92 Å². The van der Waals surface area contributed by atoms with E-state index in [0.29, 0.717) is 0 Å². The quantitative estimate of drug-likeness (QED) is 0.864. The standard InChI is InChI=1S/C19H25N5O2/c1-12-7-9-14(10-8-12)20-17(25)11-23-15-5-3-4-6-16(15)24-13(2)21-22-18(24)19(23)26/h7-10,15-16,18,22H,3-6,11H2,1-2H3,(H,20,25). The normalized spacial score (nSPS) is 27.4. The number of piperazine rings is 1. The molecule has 0 radical (unpaired) electrons. The van der Waals surface area contributed by atoms with Crippen LogP contribution in [0.4, 0.5) is 5.69 Å². The fourth-order valence-corrected chi connectivity index (χ4v) is 4.35. The van der Waals surface area contributed by atoms with E-state index in [4.69, 9.17) is 0 Å². The maximum Gasteiger partial charge on any atom is 0.268 e. The predicted octanol–water partition coefficient (Wildman–Crippen LogP) is 1.65. The second-order valence-corrected chi connectivity index (χ2v) is 7.40. The van der Waals surface area contributed by atoms with E-state index >= 15 is 0 Å². The van der Waals surface area contributed by atoms with E-state index in [0.717, 1.165) is 42.8 Å². The van der Waals surface area contributed by atoms with Crippen molar-refractivity contribution in [3.63, 3.8) is 0 Å². The van der Waals surface area contributed by atoms with Gasteiger partial charge in [-0.1, -0.05) is 30.5 Å². The molecule has 7 heteroatoms. The highest BCUT2D eigenvalue weighted by atomic mass is 16.2. The number of hydrazone groups is 1. The number of hydrogen-bond acceptors (Lipinski definition) is 5. The highest BCUT2D eigenvalue weighted by Crippen LogP contribution is 2.34. The SMILES string of the molecule is CC1=NNC2C(=O)N(CC(=O)Nc3ccc(C)cc3)C3CCCCC3N12. The van der Waals surface area contributed by atoms with Gasteiger partial charge in [-0.3, -0.25) is 15.0 Å². The van der Waals surface area contributed by atoms with Crippen molar-refractivity contribution in [3.05, 3.63) is 29.8 Å². The lowest BCUT2D eigenvalue weighted by atomic mass is 9.85. The second-order valence-electron chi connectivity index (χ2n) is 7.40.